The molecule has 30 heavy (non-hydrogen) atoms. The molecule has 172 valence electrons. The van der Waals surface area contributed by atoms with E-state index in [4.69, 9.17) is 0 Å². The third kappa shape index (κ3) is 6.68. The smallest absolute Gasteiger partial charge is 0.0749 e. The van der Waals surface area contributed by atoms with E-state index < -0.39 is 0 Å². The highest BCUT2D eigenvalue weighted by molar-refractivity contribution is 5.18. The van der Waals surface area contributed by atoms with Crippen LogP contribution in [0, 0.1) is 23.7 Å². The summed E-state index contributed by atoms with van der Waals surface area (Å²) in [6, 6.07) is 0. The second kappa shape index (κ2) is 12.4. The zero-order valence-corrected chi connectivity index (χ0v) is 19.6. The van der Waals surface area contributed by atoms with Crippen LogP contribution in [0.5, 0.6) is 0 Å². The summed E-state index contributed by atoms with van der Waals surface area (Å²) in [5.74, 6) is 1.92. The summed E-state index contributed by atoms with van der Waals surface area (Å²) in [6.45, 7) is 8.28. The summed E-state index contributed by atoms with van der Waals surface area (Å²) in [6.07, 6.45) is 20.6. The van der Waals surface area contributed by atoms with Crippen LogP contribution in [0.3, 0.4) is 0 Å². The normalized spacial score (nSPS) is 32.1. The molecule has 0 aromatic rings. The number of hydrogen-bond acceptors (Lipinski definition) is 3. The molecule has 3 aliphatic rings. The molecule has 3 nitrogen and oxygen atoms in total. The van der Waals surface area contributed by atoms with Crippen molar-refractivity contribution in [2.24, 2.45) is 23.7 Å². The van der Waals surface area contributed by atoms with Crippen molar-refractivity contribution in [2.75, 3.05) is 19.6 Å². The maximum Gasteiger partial charge on any atom is 0.0749 e. The minimum absolute atomic E-state index is 0.211. The predicted molar refractivity (Wildman–Crippen MR) is 126 cm³/mol. The van der Waals surface area contributed by atoms with Crippen molar-refractivity contribution in [2.45, 2.75) is 103 Å². The molecule has 3 fully saturated rings. The number of unbranched alkanes of at least 4 members (excludes halogenated alkanes) is 2. The van der Waals surface area contributed by atoms with Crippen LogP contribution in [0.2, 0.25) is 0 Å². The lowest BCUT2D eigenvalue weighted by molar-refractivity contribution is 0.135. The fourth-order valence-corrected chi connectivity index (χ4v) is 6.39. The Hall–Kier alpha value is -0.640. The minimum Gasteiger partial charge on any atom is -0.392 e. The van der Waals surface area contributed by atoms with Gasteiger partial charge in [-0.25, -0.2) is 0 Å². The highest BCUT2D eigenvalue weighted by Crippen LogP contribution is 2.50. The monoisotopic (exact) mass is 417 g/mol. The van der Waals surface area contributed by atoms with Gasteiger partial charge in [0.05, 0.1) is 12.2 Å². The minimum atomic E-state index is -0.310. The number of hydrogen-bond donors (Lipinski definition) is 2. The number of aliphatic hydroxyl groups excluding tert-OH is 2. The molecule has 0 amide bonds. The average Bonchev–Trinajstić information content (AvgIpc) is 3.43. The second-order valence-corrected chi connectivity index (χ2v) is 10.3. The third-order valence-corrected chi connectivity index (χ3v) is 7.97. The molecule has 3 rings (SSSR count). The first-order valence-electron chi connectivity index (χ1n) is 13.1. The number of aliphatic hydroxyl groups is 2. The molecule has 3 aliphatic carbocycles. The van der Waals surface area contributed by atoms with Crippen molar-refractivity contribution in [1.82, 2.24) is 4.90 Å². The lowest BCUT2D eigenvalue weighted by atomic mass is 9.89. The van der Waals surface area contributed by atoms with Crippen LogP contribution in [0.15, 0.2) is 23.8 Å². The molecule has 0 aliphatic heterocycles. The van der Waals surface area contributed by atoms with Crippen LogP contribution in [0.25, 0.3) is 0 Å². The van der Waals surface area contributed by atoms with Crippen molar-refractivity contribution >= 4 is 0 Å². The fourth-order valence-electron chi connectivity index (χ4n) is 6.39. The van der Waals surface area contributed by atoms with Crippen molar-refractivity contribution < 1.29 is 10.2 Å². The summed E-state index contributed by atoms with van der Waals surface area (Å²) < 4.78 is 0. The van der Waals surface area contributed by atoms with E-state index in [1.165, 1.54) is 71.0 Å². The quantitative estimate of drug-likeness (QED) is 0.315. The van der Waals surface area contributed by atoms with Gasteiger partial charge in [-0.1, -0.05) is 50.5 Å². The molecule has 2 N–H and O–H groups in total. The van der Waals surface area contributed by atoms with Gasteiger partial charge in [-0.3, -0.25) is 0 Å². The van der Waals surface area contributed by atoms with Crippen LogP contribution < -0.4 is 0 Å². The van der Waals surface area contributed by atoms with Gasteiger partial charge in [0.1, 0.15) is 0 Å². The van der Waals surface area contributed by atoms with Crippen LogP contribution in [0.4, 0.5) is 0 Å². The van der Waals surface area contributed by atoms with Crippen LogP contribution in [-0.2, 0) is 0 Å². The Balaban J connectivity index is 1.42. The Labute approximate surface area is 185 Å². The van der Waals surface area contributed by atoms with Gasteiger partial charge in [0, 0.05) is 5.92 Å². The van der Waals surface area contributed by atoms with Crippen molar-refractivity contribution in [1.29, 1.82) is 0 Å². The predicted octanol–water partition coefficient (Wildman–Crippen LogP) is 5.72. The van der Waals surface area contributed by atoms with Gasteiger partial charge in [-0.05, 0) is 102 Å². The lowest BCUT2D eigenvalue weighted by Crippen LogP contribution is -2.26. The Morgan fingerprint density at radius 1 is 1.03 bits per heavy atom. The van der Waals surface area contributed by atoms with E-state index in [0.717, 1.165) is 25.7 Å². The second-order valence-electron chi connectivity index (χ2n) is 10.3. The molecular weight excluding hydrogens is 370 g/mol. The molecule has 0 radical (unpaired) electrons. The molecular formula is C27H47NO2. The van der Waals surface area contributed by atoms with E-state index in [0.29, 0.717) is 17.8 Å². The molecule has 0 heterocycles. The van der Waals surface area contributed by atoms with E-state index in [9.17, 15) is 10.2 Å². The summed E-state index contributed by atoms with van der Waals surface area (Å²) in [5, 5.41) is 21.1. The summed E-state index contributed by atoms with van der Waals surface area (Å²) in [4.78, 5) is 2.62. The summed E-state index contributed by atoms with van der Waals surface area (Å²) in [5.41, 5.74) is 1.63. The van der Waals surface area contributed by atoms with Crippen molar-refractivity contribution in [3.8, 4) is 0 Å². The highest BCUT2D eigenvalue weighted by Gasteiger charge is 2.45. The van der Waals surface area contributed by atoms with Gasteiger partial charge in [0.15, 0.2) is 0 Å². The number of allylic oxidation sites excluding steroid dienone is 2. The van der Waals surface area contributed by atoms with E-state index in [1.54, 1.807) is 5.57 Å². The average molecular weight is 418 g/mol. The van der Waals surface area contributed by atoms with Crippen LogP contribution in [0.1, 0.15) is 90.9 Å². The first-order chi connectivity index (χ1) is 14.6. The van der Waals surface area contributed by atoms with Gasteiger partial charge >= 0.3 is 0 Å². The van der Waals surface area contributed by atoms with Gasteiger partial charge in [-0.15, -0.1) is 0 Å². The number of rotatable bonds is 12. The molecule has 0 unspecified atom stereocenters. The molecule has 0 aromatic carbocycles. The number of fused-ring (bicyclic) bond motifs is 1. The lowest BCUT2D eigenvalue weighted by Gasteiger charge is -2.20. The molecule has 0 aromatic heterocycles. The largest absolute Gasteiger partial charge is 0.392 e. The Morgan fingerprint density at radius 3 is 2.47 bits per heavy atom. The third-order valence-electron chi connectivity index (χ3n) is 7.97. The molecule has 0 spiro atoms. The standard InChI is InChI=1S/C27H47NO2/c1-3-15-28(16-4-2)17-9-5-6-10-21-18-23-20-27(30)24(25(23)19-21)13-14-26(29)22-11-7-8-12-22/h10,13-14,22-27,29-30H,3-9,11-12,15-20H2,1-2H3/t23-,24+,25-,26+,27+/m0/s1. The van der Waals surface area contributed by atoms with Crippen molar-refractivity contribution in [3.63, 3.8) is 0 Å². The zero-order valence-electron chi connectivity index (χ0n) is 19.6. The molecule has 5 atom stereocenters. The first-order valence-corrected chi connectivity index (χ1v) is 13.1. The van der Waals surface area contributed by atoms with E-state index in [1.807, 2.05) is 6.08 Å². The Morgan fingerprint density at radius 2 is 1.77 bits per heavy atom. The molecule has 0 saturated heterocycles. The molecule has 3 saturated carbocycles. The Bertz CT molecular complexity index is 545. The highest BCUT2D eigenvalue weighted by atomic mass is 16.3. The SMILES string of the molecule is CCCN(CCC)CCCCC=C1C[C@H]2C[C@@H](O)[C@H](C=C[C@@H](O)C3CCCC3)[C@H]2C1. The van der Waals surface area contributed by atoms with Crippen LogP contribution in [-0.4, -0.2) is 47.0 Å². The fraction of sp³-hybridized carbons (Fsp3) is 0.852. The topological polar surface area (TPSA) is 43.7 Å². The first kappa shape index (κ1) is 24.0. The van der Waals surface area contributed by atoms with E-state index in [2.05, 4.69) is 30.9 Å². The van der Waals surface area contributed by atoms with Gasteiger partial charge in [0.2, 0.25) is 0 Å². The van der Waals surface area contributed by atoms with Gasteiger partial charge < -0.3 is 15.1 Å². The Kier molecular flexibility index (Phi) is 9.93. The van der Waals surface area contributed by atoms with Gasteiger partial charge in [-0.2, -0.15) is 0 Å². The maximum atomic E-state index is 10.6. The zero-order chi connectivity index (χ0) is 21.3. The maximum absolute atomic E-state index is 10.6. The van der Waals surface area contributed by atoms with Crippen molar-refractivity contribution in [3.05, 3.63) is 23.8 Å². The molecule has 0 bridgehead atoms. The summed E-state index contributed by atoms with van der Waals surface area (Å²) in [7, 11) is 0. The summed E-state index contributed by atoms with van der Waals surface area (Å²) >= 11 is 0. The number of nitrogens with zero attached hydrogens (tertiary/aromatic N) is 1. The van der Waals surface area contributed by atoms with E-state index >= 15 is 0 Å². The van der Waals surface area contributed by atoms with Gasteiger partial charge in [0.25, 0.3) is 0 Å². The van der Waals surface area contributed by atoms with E-state index in [-0.39, 0.29) is 18.1 Å². The molecule has 3 heteroatoms. The van der Waals surface area contributed by atoms with Crippen LogP contribution >= 0.6 is 0 Å².